The van der Waals surface area contributed by atoms with Gasteiger partial charge in [-0.05, 0) is 5.92 Å². The first-order chi connectivity index (χ1) is 7.22. The Bertz CT molecular complexity index is 216. The summed E-state index contributed by atoms with van der Waals surface area (Å²) < 4.78 is 0. The molecule has 86 valence electrons. The van der Waals surface area contributed by atoms with Crippen LogP contribution in [-0.4, -0.2) is 49.1 Å². The van der Waals surface area contributed by atoms with Gasteiger partial charge in [-0.25, -0.2) is 0 Å². The Morgan fingerprint density at radius 3 is 2.13 bits per heavy atom. The summed E-state index contributed by atoms with van der Waals surface area (Å²) in [6.45, 7) is 13.7. The summed E-state index contributed by atoms with van der Waals surface area (Å²) in [7, 11) is 0. The average Bonchev–Trinajstić information content (AvgIpc) is 2.20. The molecule has 0 aromatic carbocycles. The molecule has 0 atom stereocenters. The molecule has 0 bridgehead atoms. The van der Waals surface area contributed by atoms with Gasteiger partial charge in [0.1, 0.15) is 0 Å². The van der Waals surface area contributed by atoms with Crippen molar-refractivity contribution in [2.45, 2.75) is 27.2 Å². The van der Waals surface area contributed by atoms with Crippen LogP contribution in [0.5, 0.6) is 0 Å². The van der Waals surface area contributed by atoms with Crippen LogP contribution in [0.15, 0.2) is 0 Å². The van der Waals surface area contributed by atoms with Gasteiger partial charge >= 0.3 is 0 Å². The number of piperazine rings is 1. The Labute approximate surface area is 94.6 Å². The molecule has 1 aliphatic heterocycles. The van der Waals surface area contributed by atoms with E-state index in [0.29, 0.717) is 0 Å². The van der Waals surface area contributed by atoms with Gasteiger partial charge in [0.25, 0.3) is 0 Å². The normalized spacial score (nSPS) is 18.9. The summed E-state index contributed by atoms with van der Waals surface area (Å²) in [6.07, 6.45) is 0.979. The largest absolute Gasteiger partial charge is 0.301 e. The molecule has 0 N–H and O–H groups in total. The zero-order chi connectivity index (χ0) is 11.1. The molecular weight excluding hydrogens is 184 g/mol. The molecule has 1 rings (SSSR count). The fourth-order valence-corrected chi connectivity index (χ4v) is 1.94. The highest BCUT2D eigenvalue weighted by atomic mass is 15.3. The molecule has 0 aliphatic carbocycles. The maximum atomic E-state index is 3.22. The van der Waals surface area contributed by atoms with Crippen LogP contribution in [0.25, 0.3) is 0 Å². The van der Waals surface area contributed by atoms with Gasteiger partial charge < -0.3 is 4.90 Å². The van der Waals surface area contributed by atoms with Gasteiger partial charge in [-0.15, -0.1) is 5.92 Å². The minimum atomic E-state index is 0.788. The molecule has 0 spiro atoms. The van der Waals surface area contributed by atoms with E-state index in [1.165, 1.54) is 32.7 Å². The first-order valence-electron chi connectivity index (χ1n) is 6.12. The number of rotatable bonds is 3. The molecular formula is C13H24N2. The number of hydrogen-bond acceptors (Lipinski definition) is 2. The summed E-state index contributed by atoms with van der Waals surface area (Å²) in [5.74, 6) is 7.14. The van der Waals surface area contributed by atoms with E-state index >= 15 is 0 Å². The predicted octanol–water partition coefficient (Wildman–Crippen LogP) is 1.67. The molecule has 0 aromatic rings. The van der Waals surface area contributed by atoms with Crippen molar-refractivity contribution in [3.8, 4) is 11.8 Å². The summed E-state index contributed by atoms with van der Waals surface area (Å²) in [4.78, 5) is 5.02. The third kappa shape index (κ3) is 5.20. The van der Waals surface area contributed by atoms with Crippen molar-refractivity contribution in [2.75, 3.05) is 39.3 Å². The van der Waals surface area contributed by atoms with Crippen molar-refractivity contribution in [2.24, 2.45) is 5.92 Å². The van der Waals surface area contributed by atoms with Gasteiger partial charge in [0.15, 0.2) is 0 Å². The van der Waals surface area contributed by atoms with Crippen LogP contribution in [0.2, 0.25) is 0 Å². The van der Waals surface area contributed by atoms with Crippen LogP contribution in [0.1, 0.15) is 27.2 Å². The second kappa shape index (κ2) is 6.87. The Hall–Kier alpha value is -0.520. The maximum Gasteiger partial charge on any atom is 0.0602 e. The van der Waals surface area contributed by atoms with Crippen molar-refractivity contribution in [3.63, 3.8) is 0 Å². The zero-order valence-electron chi connectivity index (χ0n) is 10.4. The molecule has 0 radical (unpaired) electrons. The smallest absolute Gasteiger partial charge is 0.0602 e. The standard InChI is InChI=1S/C13H24N2/c1-4-5-6-7-14-8-10-15(11-9-14)12-13(2)3/h13H,4,7-12H2,1-3H3. The molecule has 1 saturated heterocycles. The highest BCUT2D eigenvalue weighted by Gasteiger charge is 2.16. The Kier molecular flexibility index (Phi) is 5.75. The Morgan fingerprint density at radius 1 is 1.00 bits per heavy atom. The van der Waals surface area contributed by atoms with Crippen LogP contribution >= 0.6 is 0 Å². The van der Waals surface area contributed by atoms with Gasteiger partial charge in [0, 0.05) is 39.1 Å². The fraction of sp³-hybridized carbons (Fsp3) is 0.846. The minimum Gasteiger partial charge on any atom is -0.301 e. The summed E-state index contributed by atoms with van der Waals surface area (Å²) in [5, 5.41) is 0. The van der Waals surface area contributed by atoms with Crippen molar-refractivity contribution in [1.82, 2.24) is 9.80 Å². The lowest BCUT2D eigenvalue weighted by atomic mass is 10.2. The summed E-state index contributed by atoms with van der Waals surface area (Å²) in [6, 6.07) is 0. The van der Waals surface area contributed by atoms with Crippen molar-refractivity contribution < 1.29 is 0 Å². The van der Waals surface area contributed by atoms with Crippen LogP contribution in [0, 0.1) is 17.8 Å². The lowest BCUT2D eigenvalue weighted by Gasteiger charge is -2.34. The van der Waals surface area contributed by atoms with Crippen LogP contribution in [-0.2, 0) is 0 Å². The molecule has 1 fully saturated rings. The van der Waals surface area contributed by atoms with E-state index in [4.69, 9.17) is 0 Å². The molecule has 1 aliphatic rings. The third-order valence-corrected chi connectivity index (χ3v) is 2.69. The Balaban J connectivity index is 2.18. The van der Waals surface area contributed by atoms with Crippen molar-refractivity contribution >= 4 is 0 Å². The van der Waals surface area contributed by atoms with E-state index in [0.717, 1.165) is 18.9 Å². The SMILES string of the molecule is CCC#CCN1CCN(CC(C)C)CC1. The van der Waals surface area contributed by atoms with E-state index in [1.54, 1.807) is 0 Å². The van der Waals surface area contributed by atoms with E-state index in [9.17, 15) is 0 Å². The van der Waals surface area contributed by atoms with E-state index in [1.807, 2.05) is 0 Å². The molecule has 1 heterocycles. The fourth-order valence-electron chi connectivity index (χ4n) is 1.94. The Morgan fingerprint density at radius 2 is 1.60 bits per heavy atom. The topological polar surface area (TPSA) is 6.48 Å². The van der Waals surface area contributed by atoms with Gasteiger partial charge in [-0.3, -0.25) is 4.90 Å². The average molecular weight is 208 g/mol. The quantitative estimate of drug-likeness (QED) is 0.651. The first kappa shape index (κ1) is 12.5. The maximum absolute atomic E-state index is 3.22. The van der Waals surface area contributed by atoms with Crippen LogP contribution in [0.4, 0.5) is 0 Å². The summed E-state index contributed by atoms with van der Waals surface area (Å²) in [5.41, 5.74) is 0. The first-order valence-corrected chi connectivity index (χ1v) is 6.12. The lowest BCUT2D eigenvalue weighted by molar-refractivity contribution is 0.133. The van der Waals surface area contributed by atoms with Gasteiger partial charge in [-0.2, -0.15) is 0 Å². The highest BCUT2D eigenvalue weighted by molar-refractivity contribution is 5.00. The van der Waals surface area contributed by atoms with Gasteiger partial charge in [0.05, 0.1) is 6.54 Å². The number of hydrogen-bond donors (Lipinski definition) is 0. The van der Waals surface area contributed by atoms with E-state index < -0.39 is 0 Å². The van der Waals surface area contributed by atoms with Crippen molar-refractivity contribution in [3.05, 3.63) is 0 Å². The molecule has 0 aromatic heterocycles. The molecule has 0 unspecified atom stereocenters. The van der Waals surface area contributed by atoms with Crippen molar-refractivity contribution in [1.29, 1.82) is 0 Å². The monoisotopic (exact) mass is 208 g/mol. The second-order valence-corrected chi connectivity index (χ2v) is 4.68. The van der Waals surface area contributed by atoms with Crippen LogP contribution in [0.3, 0.4) is 0 Å². The molecule has 0 saturated carbocycles. The summed E-state index contributed by atoms with van der Waals surface area (Å²) >= 11 is 0. The molecule has 2 heteroatoms. The second-order valence-electron chi connectivity index (χ2n) is 4.68. The number of nitrogens with zero attached hydrogens (tertiary/aromatic N) is 2. The van der Waals surface area contributed by atoms with E-state index in [2.05, 4.69) is 42.4 Å². The highest BCUT2D eigenvalue weighted by Crippen LogP contribution is 2.04. The van der Waals surface area contributed by atoms with E-state index in [-0.39, 0.29) is 0 Å². The molecule has 2 nitrogen and oxygen atoms in total. The predicted molar refractivity (Wildman–Crippen MR) is 65.8 cm³/mol. The van der Waals surface area contributed by atoms with Gasteiger partial charge in [-0.1, -0.05) is 26.7 Å². The molecule has 0 amide bonds. The molecule has 15 heavy (non-hydrogen) atoms. The zero-order valence-corrected chi connectivity index (χ0v) is 10.4. The van der Waals surface area contributed by atoms with Crippen LogP contribution < -0.4 is 0 Å². The lowest BCUT2D eigenvalue weighted by Crippen LogP contribution is -2.47. The van der Waals surface area contributed by atoms with Gasteiger partial charge in [0.2, 0.25) is 0 Å². The third-order valence-electron chi connectivity index (χ3n) is 2.69. The minimum absolute atomic E-state index is 0.788.